The van der Waals surface area contributed by atoms with Crippen molar-refractivity contribution < 1.29 is 27.1 Å². The van der Waals surface area contributed by atoms with Gasteiger partial charge in [0, 0.05) is 18.2 Å². The van der Waals surface area contributed by atoms with Crippen LogP contribution in [0.15, 0.2) is 77.7 Å². The number of ether oxygens (including phenoxy) is 2. The molecule has 0 unspecified atom stereocenters. The summed E-state index contributed by atoms with van der Waals surface area (Å²) in [5.74, 6) is -0.228. The van der Waals surface area contributed by atoms with Crippen LogP contribution in [0.5, 0.6) is 11.5 Å². The molecule has 1 aliphatic heterocycles. The second-order valence-electron chi connectivity index (χ2n) is 7.48. The predicted octanol–water partition coefficient (Wildman–Crippen LogP) is 2.80. The Labute approximate surface area is 191 Å². The van der Waals surface area contributed by atoms with E-state index in [0.29, 0.717) is 30.3 Å². The van der Waals surface area contributed by atoms with Gasteiger partial charge in [-0.2, -0.15) is 4.72 Å². The van der Waals surface area contributed by atoms with Crippen LogP contribution in [0.4, 0.5) is 4.39 Å². The number of amides is 1. The highest BCUT2D eigenvalue weighted by Gasteiger charge is 2.27. The zero-order valence-electron chi connectivity index (χ0n) is 17.7. The fourth-order valence-electron chi connectivity index (χ4n) is 3.43. The lowest BCUT2D eigenvalue weighted by atomic mass is 10.1. The van der Waals surface area contributed by atoms with Crippen molar-refractivity contribution >= 4 is 15.9 Å². The van der Waals surface area contributed by atoms with Gasteiger partial charge >= 0.3 is 0 Å². The van der Waals surface area contributed by atoms with Gasteiger partial charge in [0.25, 0.3) is 0 Å². The highest BCUT2D eigenvalue weighted by atomic mass is 32.2. The molecule has 1 heterocycles. The van der Waals surface area contributed by atoms with E-state index in [-0.39, 0.29) is 17.9 Å². The Balaban J connectivity index is 1.55. The molecule has 1 aliphatic rings. The molecule has 0 saturated heterocycles. The molecular formula is C24H23FN2O5S. The Hall–Kier alpha value is -3.43. The maximum absolute atomic E-state index is 13.9. The summed E-state index contributed by atoms with van der Waals surface area (Å²) in [5, 5.41) is 2.63. The van der Waals surface area contributed by atoms with Crippen molar-refractivity contribution in [3.05, 3.63) is 89.7 Å². The van der Waals surface area contributed by atoms with Gasteiger partial charge in [-0.25, -0.2) is 12.8 Å². The number of halogens is 1. The third kappa shape index (κ3) is 5.68. The first-order valence-electron chi connectivity index (χ1n) is 10.4. The number of fused-ring (bicyclic) bond motifs is 1. The van der Waals surface area contributed by atoms with Crippen molar-refractivity contribution in [2.75, 3.05) is 13.2 Å². The minimum atomic E-state index is -4.07. The normalized spacial score (nSPS) is 13.8. The molecule has 1 atom stereocenters. The third-order valence-corrected chi connectivity index (χ3v) is 6.60. The minimum absolute atomic E-state index is 0.0493. The summed E-state index contributed by atoms with van der Waals surface area (Å²) in [5.41, 5.74) is 1.08. The zero-order chi connectivity index (χ0) is 23.3. The molecule has 4 rings (SSSR count). The molecule has 1 amide bonds. The number of hydrogen-bond donors (Lipinski definition) is 2. The molecule has 2 N–H and O–H groups in total. The van der Waals surface area contributed by atoms with Gasteiger partial charge in [0.1, 0.15) is 25.1 Å². The first-order chi connectivity index (χ1) is 15.9. The van der Waals surface area contributed by atoms with Gasteiger partial charge in [-0.3, -0.25) is 4.79 Å². The summed E-state index contributed by atoms with van der Waals surface area (Å²) in [7, 11) is -4.07. The average Bonchev–Trinajstić information content (AvgIpc) is 2.83. The van der Waals surface area contributed by atoms with Crippen LogP contribution in [0.2, 0.25) is 0 Å². The number of sulfonamides is 1. The highest BCUT2D eigenvalue weighted by molar-refractivity contribution is 7.89. The van der Waals surface area contributed by atoms with Gasteiger partial charge in [-0.15, -0.1) is 0 Å². The third-order valence-electron chi connectivity index (χ3n) is 5.13. The molecule has 33 heavy (non-hydrogen) atoms. The van der Waals surface area contributed by atoms with Gasteiger partial charge in [-0.05, 0) is 30.2 Å². The van der Waals surface area contributed by atoms with Crippen LogP contribution in [-0.4, -0.2) is 33.6 Å². The fraction of sp³-hybridized carbons (Fsp3) is 0.208. The van der Waals surface area contributed by atoms with E-state index in [0.717, 1.165) is 5.56 Å². The number of benzene rings is 3. The Morgan fingerprint density at radius 1 is 0.939 bits per heavy atom. The standard InChI is InChI=1S/C24H23FN2O5S/c25-20-9-5-4-8-18(20)16-26-24(28)21(14-17-6-2-1-3-7-17)27-33(29,30)19-10-11-22-23(15-19)32-13-12-31-22/h1-11,15,21,27H,12-14,16H2,(H,26,28)/t21-/m0/s1. The molecule has 0 aromatic heterocycles. The highest BCUT2D eigenvalue weighted by Crippen LogP contribution is 2.32. The molecular weight excluding hydrogens is 447 g/mol. The van der Waals surface area contributed by atoms with E-state index in [1.54, 1.807) is 42.5 Å². The molecule has 0 bridgehead atoms. The smallest absolute Gasteiger partial charge is 0.241 e. The maximum atomic E-state index is 13.9. The van der Waals surface area contributed by atoms with E-state index in [1.807, 2.05) is 6.07 Å². The van der Waals surface area contributed by atoms with Crippen LogP contribution in [0.25, 0.3) is 0 Å². The lowest BCUT2D eigenvalue weighted by Crippen LogP contribution is -2.47. The van der Waals surface area contributed by atoms with Crippen LogP contribution in [0.3, 0.4) is 0 Å². The second kappa shape index (κ2) is 10.0. The van der Waals surface area contributed by atoms with Crippen LogP contribution in [0.1, 0.15) is 11.1 Å². The quantitative estimate of drug-likeness (QED) is 0.528. The van der Waals surface area contributed by atoms with E-state index >= 15 is 0 Å². The summed E-state index contributed by atoms with van der Waals surface area (Å²) in [6.07, 6.45) is 0.119. The van der Waals surface area contributed by atoms with Crippen molar-refractivity contribution in [3.63, 3.8) is 0 Å². The van der Waals surface area contributed by atoms with Crippen molar-refractivity contribution in [1.29, 1.82) is 0 Å². The summed E-state index contributed by atoms with van der Waals surface area (Å²) < 4.78 is 53.5. The first kappa shape index (κ1) is 22.8. The zero-order valence-corrected chi connectivity index (χ0v) is 18.5. The van der Waals surface area contributed by atoms with Crippen LogP contribution in [-0.2, 0) is 27.8 Å². The second-order valence-corrected chi connectivity index (χ2v) is 9.19. The molecule has 3 aromatic carbocycles. The summed E-state index contributed by atoms with van der Waals surface area (Å²) >= 11 is 0. The molecule has 0 saturated carbocycles. The molecule has 7 nitrogen and oxygen atoms in total. The number of nitrogens with one attached hydrogen (secondary N) is 2. The number of rotatable bonds is 8. The van der Waals surface area contributed by atoms with Gasteiger partial charge in [0.2, 0.25) is 15.9 Å². The van der Waals surface area contributed by atoms with E-state index in [9.17, 15) is 17.6 Å². The summed E-state index contributed by atoms with van der Waals surface area (Å²) in [6, 6.07) is 18.3. The van der Waals surface area contributed by atoms with Gasteiger partial charge in [-0.1, -0.05) is 48.5 Å². The Kier molecular flexibility index (Phi) is 6.90. The summed E-state index contributed by atoms with van der Waals surface area (Å²) in [6.45, 7) is 0.639. The largest absolute Gasteiger partial charge is 0.486 e. The first-order valence-corrected chi connectivity index (χ1v) is 11.9. The van der Waals surface area contributed by atoms with Crippen LogP contribution < -0.4 is 19.5 Å². The van der Waals surface area contributed by atoms with E-state index in [4.69, 9.17) is 9.47 Å². The monoisotopic (exact) mass is 470 g/mol. The van der Waals surface area contributed by atoms with Gasteiger partial charge < -0.3 is 14.8 Å². The fourth-order valence-corrected chi connectivity index (χ4v) is 4.64. The molecule has 3 aromatic rings. The number of carbonyl (C=O) groups excluding carboxylic acids is 1. The summed E-state index contributed by atoms with van der Waals surface area (Å²) in [4.78, 5) is 12.9. The van der Waals surface area contributed by atoms with Crippen molar-refractivity contribution in [2.24, 2.45) is 0 Å². The minimum Gasteiger partial charge on any atom is -0.486 e. The van der Waals surface area contributed by atoms with E-state index in [1.165, 1.54) is 24.3 Å². The van der Waals surface area contributed by atoms with Crippen molar-refractivity contribution in [3.8, 4) is 11.5 Å². The van der Waals surface area contributed by atoms with Crippen LogP contribution >= 0.6 is 0 Å². The Bertz CT molecular complexity index is 1230. The molecule has 172 valence electrons. The Morgan fingerprint density at radius 2 is 1.64 bits per heavy atom. The number of hydrogen-bond acceptors (Lipinski definition) is 5. The topological polar surface area (TPSA) is 93.7 Å². The SMILES string of the molecule is O=C(NCc1ccccc1F)[C@H](Cc1ccccc1)NS(=O)(=O)c1ccc2c(c1)OCCO2. The van der Waals surface area contributed by atoms with E-state index in [2.05, 4.69) is 10.0 Å². The van der Waals surface area contributed by atoms with Crippen molar-refractivity contribution in [1.82, 2.24) is 10.0 Å². The van der Waals surface area contributed by atoms with Gasteiger partial charge in [0.05, 0.1) is 4.90 Å². The molecule has 0 radical (unpaired) electrons. The Morgan fingerprint density at radius 3 is 2.39 bits per heavy atom. The maximum Gasteiger partial charge on any atom is 0.241 e. The number of carbonyl (C=O) groups is 1. The predicted molar refractivity (Wildman–Crippen MR) is 120 cm³/mol. The van der Waals surface area contributed by atoms with Crippen LogP contribution in [0, 0.1) is 5.82 Å². The lowest BCUT2D eigenvalue weighted by Gasteiger charge is -2.21. The molecule has 0 aliphatic carbocycles. The lowest BCUT2D eigenvalue weighted by molar-refractivity contribution is -0.122. The van der Waals surface area contributed by atoms with Gasteiger partial charge in [0.15, 0.2) is 11.5 Å². The molecule has 0 spiro atoms. The van der Waals surface area contributed by atoms with Crippen molar-refractivity contribution in [2.45, 2.75) is 23.9 Å². The molecule has 9 heteroatoms. The van der Waals surface area contributed by atoms with E-state index < -0.39 is 27.8 Å². The average molecular weight is 471 g/mol. The molecule has 0 fully saturated rings.